The van der Waals surface area contributed by atoms with Crippen LogP contribution in [0, 0.1) is 0 Å². The van der Waals surface area contributed by atoms with Gasteiger partial charge >= 0.3 is 0 Å². The van der Waals surface area contributed by atoms with Gasteiger partial charge in [-0.2, -0.15) is 0 Å². The van der Waals surface area contributed by atoms with Gasteiger partial charge in [0.1, 0.15) is 0 Å². The maximum Gasteiger partial charge on any atom is 0.0368 e. The van der Waals surface area contributed by atoms with Crippen molar-refractivity contribution in [1.29, 1.82) is 0 Å². The number of rotatable bonds is 4. The van der Waals surface area contributed by atoms with Crippen molar-refractivity contribution in [2.24, 2.45) is 5.73 Å². The second-order valence-electron chi connectivity index (χ2n) is 4.68. The zero-order valence-corrected chi connectivity index (χ0v) is 10.9. The van der Waals surface area contributed by atoms with Gasteiger partial charge in [-0.25, -0.2) is 0 Å². The number of hydrogen-bond acceptors (Lipinski definition) is 3. The molecule has 0 aliphatic carbocycles. The third-order valence-corrected chi connectivity index (χ3v) is 3.57. The van der Waals surface area contributed by atoms with Crippen molar-refractivity contribution >= 4 is 11.4 Å². The highest BCUT2D eigenvalue weighted by Gasteiger charge is 2.19. The highest BCUT2D eigenvalue weighted by molar-refractivity contribution is 5.56. The second kappa shape index (κ2) is 5.41. The number of nitrogens with zero attached hydrogens (tertiary/aromatic N) is 2. The molecule has 1 aliphatic heterocycles. The minimum absolute atomic E-state index is 0.345. The van der Waals surface area contributed by atoms with Crippen LogP contribution in [0.1, 0.15) is 20.3 Å². The van der Waals surface area contributed by atoms with E-state index >= 15 is 0 Å². The summed E-state index contributed by atoms with van der Waals surface area (Å²) in [4.78, 5) is 4.73. The average Bonchev–Trinajstić information content (AvgIpc) is 2.78. The molecule has 2 N–H and O–H groups in total. The molecule has 1 aromatic rings. The van der Waals surface area contributed by atoms with E-state index in [4.69, 9.17) is 5.73 Å². The van der Waals surface area contributed by atoms with Gasteiger partial charge in [0.15, 0.2) is 0 Å². The third-order valence-electron chi connectivity index (χ3n) is 3.57. The maximum atomic E-state index is 5.93. The summed E-state index contributed by atoms with van der Waals surface area (Å²) < 4.78 is 0. The molecule has 94 valence electrons. The topological polar surface area (TPSA) is 32.5 Å². The number of hydrogen-bond donors (Lipinski definition) is 1. The van der Waals surface area contributed by atoms with Crippen LogP contribution in [0.15, 0.2) is 24.3 Å². The van der Waals surface area contributed by atoms with Crippen molar-refractivity contribution < 1.29 is 0 Å². The molecule has 0 bridgehead atoms. The van der Waals surface area contributed by atoms with Crippen LogP contribution < -0.4 is 15.5 Å². The number of nitrogens with two attached hydrogens (primary N) is 1. The van der Waals surface area contributed by atoms with Gasteiger partial charge in [0.05, 0.1) is 0 Å². The van der Waals surface area contributed by atoms with Crippen LogP contribution in [0.5, 0.6) is 0 Å². The quantitative estimate of drug-likeness (QED) is 0.864. The molecule has 1 heterocycles. The molecule has 0 saturated carbocycles. The molecule has 1 aromatic carbocycles. The predicted molar refractivity (Wildman–Crippen MR) is 74.8 cm³/mol. The molecule has 1 aliphatic rings. The maximum absolute atomic E-state index is 5.93. The molecular weight excluding hydrogens is 210 g/mol. The van der Waals surface area contributed by atoms with E-state index in [1.54, 1.807) is 0 Å². The molecular formula is C14H23N3. The summed E-state index contributed by atoms with van der Waals surface area (Å²) in [5.41, 5.74) is 8.54. The van der Waals surface area contributed by atoms with Gasteiger partial charge in [0.2, 0.25) is 0 Å². The average molecular weight is 233 g/mol. The first-order valence-corrected chi connectivity index (χ1v) is 6.60. The van der Waals surface area contributed by atoms with Crippen LogP contribution in [-0.2, 0) is 0 Å². The van der Waals surface area contributed by atoms with E-state index in [9.17, 15) is 0 Å². The highest BCUT2D eigenvalue weighted by Crippen LogP contribution is 2.23. The van der Waals surface area contributed by atoms with E-state index in [1.165, 1.54) is 11.4 Å². The van der Waals surface area contributed by atoms with Gasteiger partial charge in [-0.15, -0.1) is 0 Å². The van der Waals surface area contributed by atoms with E-state index in [-0.39, 0.29) is 0 Å². The molecule has 1 fully saturated rings. The van der Waals surface area contributed by atoms with Crippen molar-refractivity contribution in [3.05, 3.63) is 24.3 Å². The summed E-state index contributed by atoms with van der Waals surface area (Å²) in [6.07, 6.45) is 1.11. The Morgan fingerprint density at radius 1 is 1.24 bits per heavy atom. The second-order valence-corrected chi connectivity index (χ2v) is 4.68. The Labute approximate surface area is 104 Å². The Balaban J connectivity index is 2.07. The van der Waals surface area contributed by atoms with E-state index < -0.39 is 0 Å². The summed E-state index contributed by atoms with van der Waals surface area (Å²) in [7, 11) is 0. The Kier molecular flexibility index (Phi) is 3.89. The number of benzene rings is 1. The Morgan fingerprint density at radius 2 is 1.88 bits per heavy atom. The first-order valence-electron chi connectivity index (χ1n) is 6.60. The van der Waals surface area contributed by atoms with Crippen molar-refractivity contribution in [3.8, 4) is 0 Å². The van der Waals surface area contributed by atoms with Crippen molar-refractivity contribution in [1.82, 2.24) is 0 Å². The molecule has 17 heavy (non-hydrogen) atoms. The normalized spacial score (nSPS) is 19.7. The Morgan fingerprint density at radius 3 is 2.35 bits per heavy atom. The lowest BCUT2D eigenvalue weighted by molar-refractivity contribution is 0.752. The third kappa shape index (κ3) is 2.72. The van der Waals surface area contributed by atoms with Crippen LogP contribution in [0.4, 0.5) is 11.4 Å². The van der Waals surface area contributed by atoms with Crippen LogP contribution in [0.25, 0.3) is 0 Å². The molecule has 1 atom stereocenters. The fraction of sp³-hybridized carbons (Fsp3) is 0.571. The first kappa shape index (κ1) is 12.2. The Bertz CT molecular complexity index is 343. The first-order chi connectivity index (χ1) is 8.24. The summed E-state index contributed by atoms with van der Waals surface area (Å²) in [6, 6.07) is 9.20. The monoisotopic (exact) mass is 233 g/mol. The van der Waals surface area contributed by atoms with Crippen LogP contribution in [-0.4, -0.2) is 32.2 Å². The fourth-order valence-corrected chi connectivity index (χ4v) is 2.48. The van der Waals surface area contributed by atoms with Gasteiger partial charge in [-0.1, -0.05) is 0 Å². The molecule has 0 radical (unpaired) electrons. The minimum Gasteiger partial charge on any atom is -0.372 e. The molecule has 1 saturated heterocycles. The van der Waals surface area contributed by atoms with Crippen LogP contribution in [0.3, 0.4) is 0 Å². The fourth-order valence-electron chi connectivity index (χ4n) is 2.48. The minimum atomic E-state index is 0.345. The van der Waals surface area contributed by atoms with Gasteiger partial charge < -0.3 is 15.5 Å². The lowest BCUT2D eigenvalue weighted by Crippen LogP contribution is -2.26. The van der Waals surface area contributed by atoms with Crippen LogP contribution >= 0.6 is 0 Å². The van der Waals surface area contributed by atoms with Gasteiger partial charge in [-0.3, -0.25) is 0 Å². The van der Waals surface area contributed by atoms with E-state index in [1.807, 2.05) is 0 Å². The molecule has 3 nitrogen and oxygen atoms in total. The zero-order valence-electron chi connectivity index (χ0n) is 10.9. The standard InChI is InChI=1S/C14H23N3/c1-3-16(4-2)13-5-7-14(8-6-13)17-10-9-12(15)11-17/h5-8,12H,3-4,9-11,15H2,1-2H3. The molecule has 3 heteroatoms. The SMILES string of the molecule is CCN(CC)c1ccc(N2CCC(N)C2)cc1. The van der Waals surface area contributed by atoms with Gasteiger partial charge in [0, 0.05) is 43.6 Å². The van der Waals surface area contributed by atoms with Crippen molar-refractivity contribution in [2.45, 2.75) is 26.3 Å². The summed E-state index contributed by atoms with van der Waals surface area (Å²) in [5, 5.41) is 0. The molecule has 0 spiro atoms. The molecule has 1 unspecified atom stereocenters. The van der Waals surface area contributed by atoms with Gasteiger partial charge in [-0.05, 0) is 44.5 Å². The highest BCUT2D eigenvalue weighted by atomic mass is 15.2. The molecule has 0 aromatic heterocycles. The summed E-state index contributed by atoms with van der Waals surface area (Å²) in [6.45, 7) is 8.58. The summed E-state index contributed by atoms with van der Waals surface area (Å²) in [5.74, 6) is 0. The van der Waals surface area contributed by atoms with Crippen LogP contribution in [0.2, 0.25) is 0 Å². The zero-order chi connectivity index (χ0) is 12.3. The smallest absolute Gasteiger partial charge is 0.0368 e. The van der Waals surface area contributed by atoms with Crippen molar-refractivity contribution in [2.75, 3.05) is 36.0 Å². The van der Waals surface area contributed by atoms with E-state index in [0.29, 0.717) is 6.04 Å². The molecule has 0 amide bonds. The van der Waals surface area contributed by atoms with Crippen molar-refractivity contribution in [3.63, 3.8) is 0 Å². The summed E-state index contributed by atoms with van der Waals surface area (Å²) >= 11 is 0. The van der Waals surface area contributed by atoms with E-state index in [0.717, 1.165) is 32.6 Å². The van der Waals surface area contributed by atoms with Gasteiger partial charge in [0.25, 0.3) is 0 Å². The lowest BCUT2D eigenvalue weighted by atomic mass is 10.2. The van der Waals surface area contributed by atoms with E-state index in [2.05, 4.69) is 47.9 Å². The largest absolute Gasteiger partial charge is 0.372 e. The molecule has 2 rings (SSSR count). The lowest BCUT2D eigenvalue weighted by Gasteiger charge is -2.23. The predicted octanol–water partition coefficient (Wildman–Crippen LogP) is 2.07. The Hall–Kier alpha value is -1.22. The number of anilines is 2.